The van der Waals surface area contributed by atoms with E-state index in [2.05, 4.69) is 14.9 Å². The lowest BCUT2D eigenvalue weighted by Gasteiger charge is -2.15. The van der Waals surface area contributed by atoms with Gasteiger partial charge in [0.2, 0.25) is 0 Å². The van der Waals surface area contributed by atoms with Crippen LogP contribution in [-0.2, 0) is 17.3 Å². The van der Waals surface area contributed by atoms with Gasteiger partial charge in [-0.2, -0.15) is 12.7 Å². The van der Waals surface area contributed by atoms with E-state index in [1.54, 1.807) is 36.1 Å². The van der Waals surface area contributed by atoms with Crippen LogP contribution in [0.2, 0.25) is 0 Å². The minimum absolute atomic E-state index is 0.465. The summed E-state index contributed by atoms with van der Waals surface area (Å²) in [5.41, 5.74) is 1.14. The van der Waals surface area contributed by atoms with E-state index < -0.39 is 10.2 Å². The molecule has 1 N–H and O–H groups in total. The Morgan fingerprint density at radius 2 is 1.95 bits per heavy atom. The van der Waals surface area contributed by atoms with Crippen molar-refractivity contribution in [2.24, 2.45) is 7.05 Å². The molecule has 102 valence electrons. The summed E-state index contributed by atoms with van der Waals surface area (Å²) in [6.45, 7) is 0. The average molecular weight is 281 g/mol. The number of hydrogen-bond donors (Lipinski definition) is 1. The van der Waals surface area contributed by atoms with Crippen LogP contribution in [0.4, 0.5) is 5.69 Å². The van der Waals surface area contributed by atoms with E-state index in [0.717, 1.165) is 4.31 Å². The highest BCUT2D eigenvalue weighted by atomic mass is 32.2. The fraction of sp³-hybridized carbons (Fsp3) is 0.273. The van der Waals surface area contributed by atoms with Crippen molar-refractivity contribution < 1.29 is 8.42 Å². The first kappa shape index (κ1) is 13.5. The fourth-order valence-electron chi connectivity index (χ4n) is 1.52. The third-order valence-electron chi connectivity index (χ3n) is 2.60. The summed E-state index contributed by atoms with van der Waals surface area (Å²) >= 11 is 0. The number of anilines is 1. The van der Waals surface area contributed by atoms with Gasteiger partial charge in [0.15, 0.2) is 5.82 Å². The molecule has 1 aromatic carbocycles. The molecule has 0 bridgehead atoms. The fourth-order valence-corrected chi connectivity index (χ4v) is 2.16. The Morgan fingerprint density at radius 3 is 2.53 bits per heavy atom. The van der Waals surface area contributed by atoms with Gasteiger partial charge in [-0.15, -0.1) is 10.2 Å². The van der Waals surface area contributed by atoms with Gasteiger partial charge in [-0.25, -0.2) is 0 Å². The summed E-state index contributed by atoms with van der Waals surface area (Å²) in [5, 5.41) is 7.78. The lowest BCUT2D eigenvalue weighted by molar-refractivity contribution is 0.527. The number of hydrogen-bond acceptors (Lipinski definition) is 4. The molecule has 0 saturated carbocycles. The molecule has 0 atom stereocenters. The molecule has 7 nitrogen and oxygen atoms in total. The number of nitrogens with one attached hydrogen (secondary N) is 1. The predicted octanol–water partition coefficient (Wildman–Crippen LogP) is 0.700. The van der Waals surface area contributed by atoms with Crippen LogP contribution in [0.25, 0.3) is 11.4 Å². The van der Waals surface area contributed by atoms with Crippen LogP contribution < -0.4 is 4.72 Å². The maximum absolute atomic E-state index is 11.9. The minimum atomic E-state index is -3.55. The number of para-hydroxylation sites is 1. The van der Waals surface area contributed by atoms with Gasteiger partial charge in [0, 0.05) is 26.7 Å². The van der Waals surface area contributed by atoms with Gasteiger partial charge in [0.25, 0.3) is 0 Å². The number of nitrogens with zero attached hydrogens (tertiary/aromatic N) is 4. The molecule has 0 aliphatic heterocycles. The van der Waals surface area contributed by atoms with Crippen molar-refractivity contribution in [1.29, 1.82) is 0 Å². The lowest BCUT2D eigenvalue weighted by Crippen LogP contribution is -2.29. The molecule has 1 heterocycles. The summed E-state index contributed by atoms with van der Waals surface area (Å²) in [6, 6.07) is 7.05. The third kappa shape index (κ3) is 2.74. The van der Waals surface area contributed by atoms with Crippen LogP contribution in [0.1, 0.15) is 0 Å². The van der Waals surface area contributed by atoms with Crippen LogP contribution in [0, 0.1) is 0 Å². The van der Waals surface area contributed by atoms with Gasteiger partial charge in [0.1, 0.15) is 6.33 Å². The Balaban J connectivity index is 2.47. The molecule has 2 aromatic rings. The molecule has 0 aliphatic rings. The largest absolute Gasteiger partial charge is 0.317 e. The molecule has 0 saturated heterocycles. The van der Waals surface area contributed by atoms with Crippen molar-refractivity contribution in [2.75, 3.05) is 18.8 Å². The average Bonchev–Trinajstić information content (AvgIpc) is 2.75. The standard InChI is InChI=1S/C11H15N5O2S/c1-15(2)19(17,18)14-10-7-5-4-6-9(10)11-13-12-8-16(11)3/h4-8,14H,1-3H3. The topological polar surface area (TPSA) is 80.1 Å². The first-order valence-electron chi connectivity index (χ1n) is 5.55. The molecule has 0 amide bonds. The van der Waals surface area contributed by atoms with E-state index >= 15 is 0 Å². The zero-order chi connectivity index (χ0) is 14.0. The number of aryl methyl sites for hydroxylation is 1. The molecule has 1 aromatic heterocycles. The number of aromatic nitrogens is 3. The van der Waals surface area contributed by atoms with E-state index in [0.29, 0.717) is 17.1 Å². The van der Waals surface area contributed by atoms with Crippen LogP contribution in [0.3, 0.4) is 0 Å². The zero-order valence-corrected chi connectivity index (χ0v) is 11.7. The summed E-state index contributed by atoms with van der Waals surface area (Å²) in [4.78, 5) is 0. The molecule has 8 heteroatoms. The smallest absolute Gasteiger partial charge is 0.301 e. The van der Waals surface area contributed by atoms with E-state index in [-0.39, 0.29) is 0 Å². The predicted molar refractivity (Wildman–Crippen MR) is 72.7 cm³/mol. The van der Waals surface area contributed by atoms with Crippen molar-refractivity contribution in [3.8, 4) is 11.4 Å². The first-order valence-corrected chi connectivity index (χ1v) is 6.99. The Hall–Kier alpha value is -1.93. The second-order valence-corrected chi connectivity index (χ2v) is 6.09. The van der Waals surface area contributed by atoms with Crippen molar-refractivity contribution in [3.05, 3.63) is 30.6 Å². The van der Waals surface area contributed by atoms with Gasteiger partial charge in [-0.1, -0.05) is 12.1 Å². The van der Waals surface area contributed by atoms with Crippen LogP contribution in [-0.4, -0.2) is 41.6 Å². The van der Waals surface area contributed by atoms with Gasteiger partial charge in [-0.05, 0) is 12.1 Å². The number of benzene rings is 1. The molecule has 0 spiro atoms. The molecule has 0 unspecified atom stereocenters. The molecule has 19 heavy (non-hydrogen) atoms. The summed E-state index contributed by atoms with van der Waals surface area (Å²) in [6.07, 6.45) is 1.56. The van der Waals surface area contributed by atoms with Crippen molar-refractivity contribution in [1.82, 2.24) is 19.1 Å². The summed E-state index contributed by atoms with van der Waals surface area (Å²) in [7, 11) is 1.18. The Morgan fingerprint density at radius 1 is 1.26 bits per heavy atom. The van der Waals surface area contributed by atoms with E-state index in [1.165, 1.54) is 14.1 Å². The van der Waals surface area contributed by atoms with Crippen LogP contribution in [0.15, 0.2) is 30.6 Å². The zero-order valence-electron chi connectivity index (χ0n) is 10.9. The highest BCUT2D eigenvalue weighted by Crippen LogP contribution is 2.26. The molecular weight excluding hydrogens is 266 g/mol. The highest BCUT2D eigenvalue weighted by Gasteiger charge is 2.17. The van der Waals surface area contributed by atoms with E-state index in [4.69, 9.17) is 0 Å². The third-order valence-corrected chi connectivity index (χ3v) is 4.04. The normalized spacial score (nSPS) is 11.8. The maximum atomic E-state index is 11.9. The summed E-state index contributed by atoms with van der Waals surface area (Å²) < 4.78 is 29.1. The molecular formula is C11H15N5O2S. The lowest BCUT2D eigenvalue weighted by atomic mass is 10.2. The van der Waals surface area contributed by atoms with Gasteiger partial charge in [-0.3, -0.25) is 4.72 Å². The van der Waals surface area contributed by atoms with Gasteiger partial charge in [0.05, 0.1) is 5.69 Å². The minimum Gasteiger partial charge on any atom is -0.317 e. The Bertz CT molecular complexity index is 678. The molecule has 2 rings (SSSR count). The summed E-state index contributed by atoms with van der Waals surface area (Å²) in [5.74, 6) is 0.594. The highest BCUT2D eigenvalue weighted by molar-refractivity contribution is 7.90. The van der Waals surface area contributed by atoms with Gasteiger partial charge >= 0.3 is 10.2 Å². The van der Waals surface area contributed by atoms with E-state index in [9.17, 15) is 8.42 Å². The number of rotatable bonds is 4. The van der Waals surface area contributed by atoms with Crippen molar-refractivity contribution in [2.45, 2.75) is 0 Å². The van der Waals surface area contributed by atoms with Gasteiger partial charge < -0.3 is 4.57 Å². The van der Waals surface area contributed by atoms with Crippen LogP contribution in [0.5, 0.6) is 0 Å². The maximum Gasteiger partial charge on any atom is 0.301 e. The SMILES string of the molecule is CN(C)S(=O)(=O)Nc1ccccc1-c1nncn1C. The molecule has 0 radical (unpaired) electrons. The second kappa shape index (κ2) is 4.98. The molecule has 0 fully saturated rings. The Labute approximate surface area is 112 Å². The Kier molecular flexibility index (Phi) is 3.54. The van der Waals surface area contributed by atoms with Crippen molar-refractivity contribution in [3.63, 3.8) is 0 Å². The quantitative estimate of drug-likeness (QED) is 0.894. The van der Waals surface area contributed by atoms with E-state index in [1.807, 2.05) is 6.07 Å². The second-order valence-electron chi connectivity index (χ2n) is 4.20. The first-order chi connectivity index (χ1) is 8.92. The van der Waals surface area contributed by atoms with Crippen LogP contribution >= 0.6 is 0 Å². The molecule has 0 aliphatic carbocycles. The van der Waals surface area contributed by atoms with Crippen molar-refractivity contribution >= 4 is 15.9 Å². The monoisotopic (exact) mass is 281 g/mol.